The van der Waals surface area contributed by atoms with Gasteiger partial charge in [-0.2, -0.15) is 0 Å². The van der Waals surface area contributed by atoms with Gasteiger partial charge in [0.1, 0.15) is 0 Å². The lowest BCUT2D eigenvalue weighted by Gasteiger charge is -2.08. The first-order valence-electron chi connectivity index (χ1n) is 5.64. The van der Waals surface area contributed by atoms with Crippen LogP contribution < -0.4 is 5.32 Å². The molecule has 0 bridgehead atoms. The minimum Gasteiger partial charge on any atom is -0.376 e. The smallest absolute Gasteiger partial charge is 0.181 e. The highest BCUT2D eigenvalue weighted by atomic mass is 35.5. The van der Waals surface area contributed by atoms with E-state index in [-0.39, 0.29) is 12.3 Å². The van der Waals surface area contributed by atoms with Crippen molar-refractivity contribution in [2.75, 3.05) is 11.9 Å². The molecule has 0 atom stereocenters. The molecular weight excluding hydrogens is 340 g/mol. The Labute approximate surface area is 136 Å². The average Bonchev–Trinajstić information content (AvgIpc) is 2.36. The number of hydrogen-bond donors (Lipinski definition) is 1. The molecule has 0 saturated carbocycles. The summed E-state index contributed by atoms with van der Waals surface area (Å²) in [6.07, 6.45) is 0. The summed E-state index contributed by atoms with van der Waals surface area (Å²) in [5.74, 6) is -0.139. The molecule has 0 spiro atoms. The van der Waals surface area contributed by atoms with E-state index in [1.165, 1.54) is 0 Å². The van der Waals surface area contributed by atoms with E-state index in [1.54, 1.807) is 36.4 Å². The van der Waals surface area contributed by atoms with Gasteiger partial charge in [0.05, 0.1) is 17.3 Å². The molecule has 2 aromatic rings. The Morgan fingerprint density at radius 3 is 2.15 bits per heavy atom. The van der Waals surface area contributed by atoms with Crippen molar-refractivity contribution in [3.8, 4) is 0 Å². The van der Waals surface area contributed by atoms with Gasteiger partial charge in [-0.05, 0) is 36.4 Å². The molecule has 0 radical (unpaired) electrons. The fraction of sp³-hybridized carbons (Fsp3) is 0.0714. The molecule has 20 heavy (non-hydrogen) atoms. The van der Waals surface area contributed by atoms with Crippen LogP contribution in [0, 0.1) is 0 Å². The molecule has 0 aliphatic rings. The van der Waals surface area contributed by atoms with Crippen molar-refractivity contribution in [2.45, 2.75) is 0 Å². The fourth-order valence-electron chi connectivity index (χ4n) is 1.63. The van der Waals surface area contributed by atoms with Gasteiger partial charge >= 0.3 is 0 Å². The first kappa shape index (κ1) is 15.5. The first-order chi connectivity index (χ1) is 9.45. The summed E-state index contributed by atoms with van der Waals surface area (Å²) in [5.41, 5.74) is 1.08. The Bertz CT molecular complexity index is 637. The number of rotatable bonds is 4. The standard InChI is InChI=1S/C14H9Cl4NO/c15-9-1-2-13(12(18)6-9)19-7-14(20)8-3-10(16)5-11(17)4-8/h1-6,19H,7H2. The Balaban J connectivity index is 2.08. The minimum absolute atomic E-state index is 0.0814. The van der Waals surface area contributed by atoms with Gasteiger partial charge in [0.2, 0.25) is 0 Å². The molecule has 0 heterocycles. The summed E-state index contributed by atoms with van der Waals surface area (Å²) >= 11 is 23.5. The van der Waals surface area contributed by atoms with E-state index in [9.17, 15) is 4.79 Å². The van der Waals surface area contributed by atoms with Crippen molar-refractivity contribution in [3.63, 3.8) is 0 Å². The predicted octanol–water partition coefficient (Wildman–Crippen LogP) is 5.60. The Morgan fingerprint density at radius 1 is 0.900 bits per heavy atom. The highest BCUT2D eigenvalue weighted by Gasteiger charge is 2.09. The number of nitrogens with one attached hydrogen (secondary N) is 1. The van der Waals surface area contributed by atoms with Crippen molar-refractivity contribution in [1.82, 2.24) is 0 Å². The number of carbonyl (C=O) groups is 1. The van der Waals surface area contributed by atoms with Crippen LogP contribution in [0.5, 0.6) is 0 Å². The van der Waals surface area contributed by atoms with Crippen LogP contribution >= 0.6 is 46.4 Å². The lowest BCUT2D eigenvalue weighted by molar-refractivity contribution is 0.101. The normalized spacial score (nSPS) is 10.4. The molecule has 0 aliphatic heterocycles. The van der Waals surface area contributed by atoms with Crippen LogP contribution in [-0.4, -0.2) is 12.3 Å². The van der Waals surface area contributed by atoms with Crippen molar-refractivity contribution >= 4 is 57.9 Å². The van der Waals surface area contributed by atoms with Gasteiger partial charge in [-0.15, -0.1) is 0 Å². The summed E-state index contributed by atoms with van der Waals surface area (Å²) < 4.78 is 0. The second-order valence-corrected chi connectivity index (χ2v) is 5.78. The number of anilines is 1. The third kappa shape index (κ3) is 4.03. The van der Waals surface area contributed by atoms with Gasteiger partial charge in [0.25, 0.3) is 0 Å². The summed E-state index contributed by atoms with van der Waals surface area (Å²) in [4.78, 5) is 12.1. The molecule has 6 heteroatoms. The quantitative estimate of drug-likeness (QED) is 0.729. The molecule has 1 N–H and O–H groups in total. The SMILES string of the molecule is O=C(CNc1ccc(Cl)cc1Cl)c1cc(Cl)cc(Cl)c1. The lowest BCUT2D eigenvalue weighted by Crippen LogP contribution is -2.14. The van der Waals surface area contributed by atoms with Crippen molar-refractivity contribution in [3.05, 3.63) is 62.1 Å². The molecule has 0 aromatic heterocycles. The third-order valence-corrected chi connectivity index (χ3v) is 3.54. The zero-order chi connectivity index (χ0) is 14.7. The van der Waals surface area contributed by atoms with Crippen LogP contribution in [0.3, 0.4) is 0 Å². The molecule has 2 rings (SSSR count). The minimum atomic E-state index is -0.139. The number of benzene rings is 2. The number of halogens is 4. The molecule has 0 amide bonds. The Morgan fingerprint density at radius 2 is 1.55 bits per heavy atom. The number of hydrogen-bond acceptors (Lipinski definition) is 2. The summed E-state index contributed by atoms with van der Waals surface area (Å²) in [6, 6.07) is 9.72. The maximum absolute atomic E-state index is 12.1. The van der Waals surface area contributed by atoms with E-state index in [4.69, 9.17) is 46.4 Å². The van der Waals surface area contributed by atoms with Gasteiger partial charge in [-0.25, -0.2) is 0 Å². The largest absolute Gasteiger partial charge is 0.376 e. The second kappa shape index (κ2) is 6.68. The Kier molecular flexibility index (Phi) is 5.17. The van der Waals surface area contributed by atoms with Crippen LogP contribution in [-0.2, 0) is 0 Å². The van der Waals surface area contributed by atoms with Crippen molar-refractivity contribution < 1.29 is 4.79 Å². The van der Waals surface area contributed by atoms with Gasteiger partial charge < -0.3 is 5.32 Å². The molecule has 0 fully saturated rings. The number of ketones is 1. The Hall–Kier alpha value is -0.930. The van der Waals surface area contributed by atoms with Crippen LogP contribution in [0.25, 0.3) is 0 Å². The maximum atomic E-state index is 12.1. The van der Waals surface area contributed by atoms with E-state index in [2.05, 4.69) is 5.32 Å². The van der Waals surface area contributed by atoms with Gasteiger partial charge in [-0.3, -0.25) is 4.79 Å². The molecule has 0 unspecified atom stereocenters. The fourth-order valence-corrected chi connectivity index (χ4v) is 2.63. The lowest BCUT2D eigenvalue weighted by atomic mass is 10.1. The van der Waals surface area contributed by atoms with E-state index in [0.717, 1.165) is 0 Å². The second-order valence-electron chi connectivity index (χ2n) is 4.06. The molecule has 0 aliphatic carbocycles. The molecule has 104 valence electrons. The van der Waals surface area contributed by atoms with Gasteiger partial charge in [0.15, 0.2) is 5.78 Å². The topological polar surface area (TPSA) is 29.1 Å². The summed E-state index contributed by atoms with van der Waals surface area (Å²) in [7, 11) is 0. The summed E-state index contributed by atoms with van der Waals surface area (Å²) in [6.45, 7) is 0.0814. The summed E-state index contributed by atoms with van der Waals surface area (Å²) in [5, 5.41) is 4.78. The van der Waals surface area contributed by atoms with E-state index in [1.807, 2.05) is 0 Å². The van der Waals surface area contributed by atoms with Crippen molar-refractivity contribution in [2.24, 2.45) is 0 Å². The van der Waals surface area contributed by atoms with Crippen LogP contribution in [0.2, 0.25) is 20.1 Å². The molecule has 0 saturated heterocycles. The highest BCUT2D eigenvalue weighted by molar-refractivity contribution is 6.36. The van der Waals surface area contributed by atoms with E-state index in [0.29, 0.717) is 31.3 Å². The average molecular weight is 349 g/mol. The first-order valence-corrected chi connectivity index (χ1v) is 7.15. The van der Waals surface area contributed by atoms with Gasteiger partial charge in [-0.1, -0.05) is 46.4 Å². The van der Waals surface area contributed by atoms with Crippen LogP contribution in [0.4, 0.5) is 5.69 Å². The number of carbonyl (C=O) groups excluding carboxylic acids is 1. The zero-order valence-electron chi connectivity index (χ0n) is 10.1. The molecule has 2 aromatic carbocycles. The van der Waals surface area contributed by atoms with Crippen LogP contribution in [0.15, 0.2) is 36.4 Å². The molecule has 2 nitrogen and oxygen atoms in total. The monoisotopic (exact) mass is 347 g/mol. The maximum Gasteiger partial charge on any atom is 0.181 e. The van der Waals surface area contributed by atoms with Gasteiger partial charge in [0, 0.05) is 20.6 Å². The van der Waals surface area contributed by atoms with E-state index >= 15 is 0 Å². The zero-order valence-corrected chi connectivity index (χ0v) is 13.1. The highest BCUT2D eigenvalue weighted by Crippen LogP contribution is 2.25. The predicted molar refractivity (Wildman–Crippen MR) is 85.7 cm³/mol. The van der Waals surface area contributed by atoms with Crippen LogP contribution in [0.1, 0.15) is 10.4 Å². The van der Waals surface area contributed by atoms with E-state index < -0.39 is 0 Å². The third-order valence-electron chi connectivity index (χ3n) is 2.56. The molecular formula is C14H9Cl4NO. The number of Topliss-reactive ketones (excluding diaryl/α,β-unsaturated/α-hetero) is 1. The van der Waals surface area contributed by atoms with Crippen molar-refractivity contribution in [1.29, 1.82) is 0 Å².